The van der Waals surface area contributed by atoms with E-state index in [0.717, 1.165) is 39.2 Å². The van der Waals surface area contributed by atoms with Gasteiger partial charge in [-0.15, -0.1) is 0 Å². The summed E-state index contributed by atoms with van der Waals surface area (Å²) >= 11 is 0. The maximum absolute atomic E-state index is 5.11. The smallest absolute Gasteiger partial charge is 0.160 e. The largest absolute Gasteiger partial charge is 0.228 e. The van der Waals surface area contributed by atoms with Gasteiger partial charge >= 0.3 is 0 Å². The van der Waals surface area contributed by atoms with Gasteiger partial charge in [-0.3, -0.25) is 0 Å². The van der Waals surface area contributed by atoms with Gasteiger partial charge in [0, 0.05) is 16.7 Å². The van der Waals surface area contributed by atoms with Crippen molar-refractivity contribution in [3.63, 3.8) is 0 Å². The van der Waals surface area contributed by atoms with Crippen LogP contribution >= 0.6 is 0 Å². The van der Waals surface area contributed by atoms with Gasteiger partial charge in [0.05, 0.1) is 16.8 Å². The summed E-state index contributed by atoms with van der Waals surface area (Å²) in [5.74, 6) is 0.700. The van der Waals surface area contributed by atoms with Gasteiger partial charge in [0.2, 0.25) is 0 Å². The lowest BCUT2D eigenvalue weighted by atomic mass is 9.67. The fourth-order valence-electron chi connectivity index (χ4n) is 9.35. The van der Waals surface area contributed by atoms with Crippen molar-refractivity contribution >= 4 is 0 Å². The average molecular weight is 777 g/mol. The molecule has 0 spiro atoms. The fraction of sp³-hybridized carbons (Fsp3) is 0.0169. The first-order valence-electron chi connectivity index (χ1n) is 20.9. The molecule has 0 amide bonds. The molecule has 0 atom stereocenters. The zero-order valence-electron chi connectivity index (χ0n) is 33.5. The van der Waals surface area contributed by atoms with Crippen molar-refractivity contribution in [3.05, 3.63) is 265 Å². The summed E-state index contributed by atoms with van der Waals surface area (Å²) in [6, 6.07) is 87.2. The number of hydrogen-bond acceptors (Lipinski definition) is 2. The second-order valence-corrected chi connectivity index (χ2v) is 15.7. The monoisotopic (exact) mass is 776 g/mol. The molecule has 0 unspecified atom stereocenters. The van der Waals surface area contributed by atoms with E-state index in [4.69, 9.17) is 9.97 Å². The molecule has 10 aromatic rings. The Hall–Kier alpha value is -7.94. The Kier molecular flexibility index (Phi) is 9.09. The Labute approximate surface area is 357 Å². The van der Waals surface area contributed by atoms with Crippen molar-refractivity contribution in [1.82, 2.24) is 9.97 Å². The fourth-order valence-corrected chi connectivity index (χ4v) is 9.35. The first kappa shape index (κ1) is 36.2. The number of rotatable bonds is 8. The number of fused-ring (bicyclic) bond motifs is 3. The maximum atomic E-state index is 5.11. The van der Waals surface area contributed by atoms with Gasteiger partial charge < -0.3 is 0 Å². The molecule has 0 N–H and O–H groups in total. The molecule has 0 fully saturated rings. The minimum Gasteiger partial charge on any atom is -0.228 e. The van der Waals surface area contributed by atoms with Crippen LogP contribution in [0.15, 0.2) is 243 Å². The van der Waals surface area contributed by atoms with Crippen molar-refractivity contribution < 1.29 is 0 Å². The molecule has 61 heavy (non-hydrogen) atoms. The van der Waals surface area contributed by atoms with Crippen LogP contribution in [-0.4, -0.2) is 9.97 Å². The van der Waals surface area contributed by atoms with Gasteiger partial charge in [-0.05, 0) is 91.0 Å². The first-order chi connectivity index (χ1) is 30.2. The number of hydrogen-bond donors (Lipinski definition) is 0. The van der Waals surface area contributed by atoms with E-state index < -0.39 is 5.41 Å². The van der Waals surface area contributed by atoms with Crippen LogP contribution in [0.4, 0.5) is 0 Å². The van der Waals surface area contributed by atoms with Gasteiger partial charge in [0.1, 0.15) is 0 Å². The van der Waals surface area contributed by atoms with Gasteiger partial charge in [0.25, 0.3) is 0 Å². The van der Waals surface area contributed by atoms with Crippen molar-refractivity contribution in [2.45, 2.75) is 5.41 Å². The summed E-state index contributed by atoms with van der Waals surface area (Å²) in [5, 5.41) is 0. The molecule has 0 saturated carbocycles. The normalized spacial score (nSPS) is 12.4. The molecule has 2 nitrogen and oxygen atoms in total. The summed E-state index contributed by atoms with van der Waals surface area (Å²) in [6.45, 7) is 0. The molecule has 0 radical (unpaired) electrons. The quantitative estimate of drug-likeness (QED) is 0.154. The minimum atomic E-state index is -0.487. The number of benzene rings is 9. The molecule has 9 aromatic carbocycles. The number of aromatic nitrogens is 2. The summed E-state index contributed by atoms with van der Waals surface area (Å²) in [4.78, 5) is 10.2. The Balaban J connectivity index is 1.05. The van der Waals surface area contributed by atoms with Crippen molar-refractivity contribution in [3.8, 4) is 78.4 Å². The highest BCUT2D eigenvalue weighted by molar-refractivity contribution is 5.95. The second kappa shape index (κ2) is 15.3. The van der Waals surface area contributed by atoms with E-state index in [9.17, 15) is 0 Å². The van der Waals surface area contributed by atoms with E-state index in [2.05, 4.69) is 231 Å². The molecule has 0 aliphatic heterocycles. The highest BCUT2D eigenvalue weighted by Gasteiger charge is 2.46. The highest BCUT2D eigenvalue weighted by atomic mass is 14.9. The Morgan fingerprint density at radius 3 is 1.28 bits per heavy atom. The number of nitrogens with zero attached hydrogens (tertiary/aromatic N) is 2. The van der Waals surface area contributed by atoms with E-state index in [-0.39, 0.29) is 0 Å². The Bertz CT molecular complexity index is 3040. The Morgan fingerprint density at radius 1 is 0.246 bits per heavy atom. The zero-order valence-corrected chi connectivity index (χ0v) is 33.5. The highest BCUT2D eigenvalue weighted by Crippen LogP contribution is 2.58. The van der Waals surface area contributed by atoms with Gasteiger partial charge in [-0.1, -0.05) is 218 Å². The molecule has 1 aliphatic rings. The van der Waals surface area contributed by atoms with Crippen LogP contribution in [0.1, 0.15) is 22.3 Å². The van der Waals surface area contributed by atoms with E-state index >= 15 is 0 Å². The maximum Gasteiger partial charge on any atom is 0.160 e. The van der Waals surface area contributed by atoms with Crippen LogP contribution in [-0.2, 0) is 5.41 Å². The lowest BCUT2D eigenvalue weighted by Crippen LogP contribution is -2.28. The molecule has 11 rings (SSSR count). The second-order valence-electron chi connectivity index (χ2n) is 15.7. The van der Waals surface area contributed by atoms with E-state index in [1.807, 2.05) is 12.1 Å². The first-order valence-corrected chi connectivity index (χ1v) is 20.9. The molecule has 1 aromatic heterocycles. The predicted molar refractivity (Wildman–Crippen MR) is 252 cm³/mol. The van der Waals surface area contributed by atoms with Crippen LogP contribution in [0.5, 0.6) is 0 Å². The summed E-state index contributed by atoms with van der Waals surface area (Å²) in [5.41, 5.74) is 19.1. The predicted octanol–water partition coefficient (Wildman–Crippen LogP) is 14.8. The van der Waals surface area contributed by atoms with Crippen LogP contribution in [0.2, 0.25) is 0 Å². The third kappa shape index (κ3) is 6.37. The van der Waals surface area contributed by atoms with Crippen LogP contribution in [0, 0.1) is 0 Å². The lowest BCUT2D eigenvalue weighted by Gasteiger charge is -2.34. The minimum absolute atomic E-state index is 0.487. The summed E-state index contributed by atoms with van der Waals surface area (Å²) in [7, 11) is 0. The molecule has 286 valence electrons. The van der Waals surface area contributed by atoms with Crippen molar-refractivity contribution in [1.29, 1.82) is 0 Å². The molecule has 2 heteroatoms. The Morgan fingerprint density at radius 2 is 0.689 bits per heavy atom. The molecular weight excluding hydrogens is 737 g/mol. The van der Waals surface area contributed by atoms with Crippen LogP contribution in [0.3, 0.4) is 0 Å². The third-order valence-corrected chi connectivity index (χ3v) is 12.2. The van der Waals surface area contributed by atoms with E-state index in [1.54, 1.807) is 0 Å². The van der Waals surface area contributed by atoms with Crippen LogP contribution < -0.4 is 0 Å². The summed E-state index contributed by atoms with van der Waals surface area (Å²) in [6.07, 6.45) is 0. The molecule has 0 saturated heterocycles. The molecule has 1 heterocycles. The standard InChI is InChI=1S/C59H40N2/c1-6-19-42(20-7-1)51-38-53-50-31-16-17-32-54(50)59(48-27-12-4-13-28-48,49-29-14-5-15-30-49)55(53)39-52(51)43-35-33-41(34-36-43)46-25-18-26-47(37-46)58-60-56(44-21-8-2-9-22-44)40-57(61-58)45-23-10-3-11-24-45/h1-40H. The lowest BCUT2D eigenvalue weighted by molar-refractivity contribution is 0.769. The van der Waals surface area contributed by atoms with E-state index in [0.29, 0.717) is 5.82 Å². The topological polar surface area (TPSA) is 25.8 Å². The molecule has 1 aliphatic carbocycles. The van der Waals surface area contributed by atoms with Gasteiger partial charge in [-0.2, -0.15) is 0 Å². The molecule has 0 bridgehead atoms. The van der Waals surface area contributed by atoms with Gasteiger partial charge in [-0.25, -0.2) is 9.97 Å². The zero-order chi connectivity index (χ0) is 40.6. The van der Waals surface area contributed by atoms with Crippen molar-refractivity contribution in [2.24, 2.45) is 0 Å². The SMILES string of the molecule is c1ccc(-c2cc(-c3ccccc3)nc(-c3cccc(-c4ccc(-c5cc6c(cc5-c5ccccc5)-c5ccccc5C6(c5ccccc5)c5ccccc5)cc4)c3)n2)cc1. The summed E-state index contributed by atoms with van der Waals surface area (Å²) < 4.78 is 0. The third-order valence-electron chi connectivity index (χ3n) is 12.2. The average Bonchev–Trinajstić information content (AvgIpc) is 3.65. The molecular formula is C59H40N2. The van der Waals surface area contributed by atoms with Crippen molar-refractivity contribution in [2.75, 3.05) is 0 Å². The van der Waals surface area contributed by atoms with Gasteiger partial charge in [0.15, 0.2) is 5.82 Å². The van der Waals surface area contributed by atoms with E-state index in [1.165, 1.54) is 55.6 Å². The van der Waals surface area contributed by atoms with Crippen LogP contribution in [0.25, 0.3) is 78.4 Å².